The van der Waals surface area contributed by atoms with Crippen molar-refractivity contribution < 1.29 is 67.3 Å². The number of carbonyl (C=O) groups is 1. The van der Waals surface area contributed by atoms with E-state index in [1.807, 2.05) is 0 Å². The van der Waals surface area contributed by atoms with Crippen LogP contribution in [0.2, 0.25) is 0 Å². The van der Waals surface area contributed by atoms with Crippen molar-refractivity contribution in [2.45, 2.75) is 0 Å². The van der Waals surface area contributed by atoms with Crippen molar-refractivity contribution in [3.05, 3.63) is 6.68 Å². The zero-order chi connectivity index (χ0) is 7.15. The number of rotatable bonds is 0. The molecule has 3 nitrogen and oxygen atoms in total. The minimum absolute atomic E-state index is 0. The summed E-state index contributed by atoms with van der Waals surface area (Å²) in [5.41, 5.74) is 0. The van der Waals surface area contributed by atoms with Crippen molar-refractivity contribution in [2.75, 3.05) is 0 Å². The molecule has 0 aliphatic carbocycles. The molecule has 8 heteroatoms. The third kappa shape index (κ3) is 6690. The first-order valence-electron chi connectivity index (χ1n) is 1.22. The summed E-state index contributed by atoms with van der Waals surface area (Å²) in [6, 6.07) is 0. The molecular formula is C2H3F3Li2O3. The molecule has 0 atom stereocenters. The van der Waals surface area contributed by atoms with Gasteiger partial charge in [-0.25, -0.2) is 4.79 Å². The first-order valence-corrected chi connectivity index (χ1v) is 1.22. The predicted octanol–water partition coefficient (Wildman–Crippen LogP) is -4.32. The van der Waals surface area contributed by atoms with E-state index in [-0.39, 0.29) is 39.1 Å². The third-order valence-corrected chi connectivity index (χ3v) is 0. The molecule has 0 aliphatic rings. The number of hydrogen-bond acceptors (Lipinski definition) is 1. The van der Waals surface area contributed by atoms with Crippen molar-refractivity contribution in [1.82, 2.24) is 0 Å². The summed E-state index contributed by atoms with van der Waals surface area (Å²) in [5.74, 6) is 0. The van der Waals surface area contributed by atoms with E-state index in [1.54, 1.807) is 0 Å². The van der Waals surface area contributed by atoms with Crippen LogP contribution >= 0.6 is 0 Å². The van der Waals surface area contributed by atoms with Crippen LogP contribution in [0.5, 0.6) is 0 Å². The minimum atomic E-state index is -3.08. The molecule has 0 aromatic rings. The fourth-order valence-corrected chi connectivity index (χ4v) is 0. The van der Waals surface area contributed by atoms with E-state index in [4.69, 9.17) is 15.0 Å². The maximum absolute atomic E-state index is 9.58. The molecule has 0 aromatic carbocycles. The van der Waals surface area contributed by atoms with Gasteiger partial charge in [0.2, 0.25) is 0 Å². The van der Waals surface area contributed by atoms with Crippen LogP contribution in [0.15, 0.2) is 0 Å². The molecule has 0 rings (SSSR count). The van der Waals surface area contributed by atoms with E-state index in [1.165, 1.54) is 0 Å². The van der Waals surface area contributed by atoms with Gasteiger partial charge < -0.3 is 24.8 Å². The largest absolute Gasteiger partial charge is 1.00 e. The Morgan fingerprint density at radius 3 is 1.20 bits per heavy atom. The van der Waals surface area contributed by atoms with Crippen molar-refractivity contribution in [1.29, 1.82) is 0 Å². The van der Waals surface area contributed by atoms with Gasteiger partial charge in [0.05, 0.1) is 0 Å². The van der Waals surface area contributed by atoms with E-state index in [9.17, 15) is 13.2 Å². The summed E-state index contributed by atoms with van der Waals surface area (Å²) in [7, 11) is 0. The normalized spacial score (nSPS) is 6.00. The van der Waals surface area contributed by atoms with Crippen molar-refractivity contribution in [3.63, 3.8) is 0 Å². The maximum atomic E-state index is 9.58. The van der Waals surface area contributed by atoms with Gasteiger partial charge in [0.15, 0.2) is 6.68 Å². The van der Waals surface area contributed by atoms with Crippen molar-refractivity contribution in [3.8, 4) is 0 Å². The van der Waals surface area contributed by atoms with Crippen LogP contribution in [0.1, 0.15) is 1.43 Å². The van der Waals surface area contributed by atoms with E-state index in [0.717, 1.165) is 0 Å². The van der Waals surface area contributed by atoms with Crippen LogP contribution in [0, 0.1) is 6.68 Å². The van der Waals surface area contributed by atoms with Gasteiger partial charge in [0.1, 0.15) is 0 Å². The molecule has 0 bridgehead atoms. The molecule has 52 valence electrons. The molecule has 0 aromatic heterocycles. The van der Waals surface area contributed by atoms with Gasteiger partial charge in [0.25, 0.3) is 0 Å². The number of carboxylic acid groups (broad SMARTS) is 2. The molecule has 0 aliphatic heterocycles. The fourth-order valence-electron chi connectivity index (χ4n) is 0. The average molecular weight is 146 g/mol. The Labute approximate surface area is 80.4 Å². The summed E-state index contributed by atoms with van der Waals surface area (Å²) in [4.78, 5) is 8.56. The molecule has 10 heavy (non-hydrogen) atoms. The first-order chi connectivity index (χ1) is 3.46. The van der Waals surface area contributed by atoms with Gasteiger partial charge >= 0.3 is 43.9 Å². The number of hydrogen-bond donors (Lipinski definition) is 2. The van der Waals surface area contributed by atoms with E-state index >= 15 is 0 Å². The molecule has 0 radical (unpaired) electrons. The van der Waals surface area contributed by atoms with Crippen molar-refractivity contribution in [2.24, 2.45) is 0 Å². The summed E-state index contributed by atoms with van der Waals surface area (Å²) >= 11 is 0. The first kappa shape index (κ1) is 22.5. The Bertz CT molecular complexity index is 68.8. The summed E-state index contributed by atoms with van der Waals surface area (Å²) in [6.45, 7) is -3.08. The summed E-state index contributed by atoms with van der Waals surface area (Å²) in [5, 5.41) is 13.9. The molecule has 0 spiro atoms. The summed E-state index contributed by atoms with van der Waals surface area (Å²) in [6.07, 6.45) is -1.83. The molecular weight excluding hydrogens is 143 g/mol. The van der Waals surface area contributed by atoms with Gasteiger partial charge in [-0.3, -0.25) is 0 Å². The zero-order valence-corrected chi connectivity index (χ0v) is 5.44. The van der Waals surface area contributed by atoms with Crippen LogP contribution in [-0.4, -0.2) is 16.4 Å². The zero-order valence-electron chi connectivity index (χ0n) is 6.44. The van der Waals surface area contributed by atoms with Gasteiger partial charge in [0, 0.05) is 0 Å². The molecule has 0 fully saturated rings. The molecule has 0 saturated heterocycles. The van der Waals surface area contributed by atoms with Crippen molar-refractivity contribution >= 4 is 6.16 Å². The molecule has 0 heterocycles. The minimum Gasteiger partial charge on any atom is -1.00 e. The Morgan fingerprint density at radius 1 is 1.20 bits per heavy atom. The second-order valence-electron chi connectivity index (χ2n) is 0.497. The Morgan fingerprint density at radius 2 is 1.20 bits per heavy atom. The number of halogens is 3. The predicted molar refractivity (Wildman–Crippen MR) is 18.3 cm³/mol. The average Bonchev–Trinajstić information content (AvgIpc) is 1.25. The standard InChI is InChI=1S/CF3.CH2O3.2Li.H/c2*2-1(3)4;;;/h;(H2,2,3,4);;;/q-1;;2*+1;-1. The Balaban J connectivity index is -0.0000000171. The Hall–Kier alpha value is 0.255. The van der Waals surface area contributed by atoms with Gasteiger partial charge in [-0.05, 0) is 0 Å². The molecule has 0 unspecified atom stereocenters. The van der Waals surface area contributed by atoms with Gasteiger partial charge in [-0.15, -0.1) is 0 Å². The van der Waals surface area contributed by atoms with Crippen LogP contribution in [0.4, 0.5) is 18.0 Å². The second kappa shape index (κ2) is 16.1. The van der Waals surface area contributed by atoms with Crippen LogP contribution in [-0.2, 0) is 0 Å². The quantitative estimate of drug-likeness (QED) is 0.268. The third-order valence-electron chi connectivity index (χ3n) is 0. The summed E-state index contributed by atoms with van der Waals surface area (Å²) < 4.78 is 28.8. The maximum Gasteiger partial charge on any atom is 1.00 e. The molecule has 0 saturated carbocycles. The molecule has 2 N–H and O–H groups in total. The van der Waals surface area contributed by atoms with E-state index in [2.05, 4.69) is 0 Å². The SMILES string of the molecule is F[C-](F)F.O=C(O)O.[H-].[Li+].[Li+]. The van der Waals surface area contributed by atoms with E-state index < -0.39 is 12.8 Å². The second-order valence-corrected chi connectivity index (χ2v) is 0.497. The van der Waals surface area contributed by atoms with Crippen LogP contribution < -0.4 is 37.7 Å². The van der Waals surface area contributed by atoms with Crippen LogP contribution in [0.25, 0.3) is 0 Å². The monoisotopic (exact) mass is 146 g/mol. The van der Waals surface area contributed by atoms with Gasteiger partial charge in [-0.2, -0.15) is 0 Å². The Kier molecular flexibility index (Phi) is 36.2. The smallest absolute Gasteiger partial charge is 1.00 e. The van der Waals surface area contributed by atoms with Crippen LogP contribution in [0.3, 0.4) is 0 Å². The molecule has 0 amide bonds. The topological polar surface area (TPSA) is 57.5 Å². The fraction of sp³-hybridized carbons (Fsp3) is 0. The van der Waals surface area contributed by atoms with Gasteiger partial charge in [-0.1, -0.05) is 0 Å². The van der Waals surface area contributed by atoms with E-state index in [0.29, 0.717) is 0 Å².